The molecule has 0 aliphatic rings. The molecule has 0 saturated carbocycles. The molecule has 6 heteroatoms. The molecule has 0 bridgehead atoms. The van der Waals surface area contributed by atoms with Crippen LogP contribution in [0.5, 0.6) is 0 Å². The van der Waals surface area contributed by atoms with Gasteiger partial charge in [-0.2, -0.15) is 0 Å². The molecule has 0 unspecified atom stereocenters. The van der Waals surface area contributed by atoms with Gasteiger partial charge in [0.2, 0.25) is 0 Å². The predicted molar refractivity (Wildman–Crippen MR) is 103 cm³/mol. The maximum absolute atomic E-state index is 13.8. The van der Waals surface area contributed by atoms with Crippen LogP contribution < -0.4 is 11.3 Å². The van der Waals surface area contributed by atoms with Gasteiger partial charge >= 0.3 is 0 Å². The van der Waals surface area contributed by atoms with Gasteiger partial charge in [-0.15, -0.1) is 11.3 Å². The van der Waals surface area contributed by atoms with Crippen LogP contribution in [0.2, 0.25) is 0 Å². The average molecular weight is 370 g/mol. The Kier molecular flexibility index (Phi) is 4.30. The van der Waals surface area contributed by atoms with E-state index in [2.05, 4.69) is 4.98 Å². The molecule has 0 amide bonds. The van der Waals surface area contributed by atoms with Crippen LogP contribution in [-0.2, 0) is 6.42 Å². The first-order chi connectivity index (χ1) is 12.6. The number of pyridine rings is 1. The molecule has 3 N–H and O–H groups in total. The number of nitrogens with one attached hydrogen (secondary N) is 1. The highest BCUT2D eigenvalue weighted by molar-refractivity contribution is 7.17. The monoisotopic (exact) mass is 370 g/mol. The summed E-state index contributed by atoms with van der Waals surface area (Å²) in [7, 11) is 0. The van der Waals surface area contributed by atoms with E-state index in [4.69, 9.17) is 5.73 Å². The Morgan fingerprint density at radius 3 is 2.54 bits per heavy atom. The van der Waals surface area contributed by atoms with Gasteiger partial charge in [-0.1, -0.05) is 30.3 Å². The highest BCUT2D eigenvalue weighted by Crippen LogP contribution is 2.40. The number of aromatic nitrogens is 1. The molecule has 4 aromatic rings. The van der Waals surface area contributed by atoms with Gasteiger partial charge in [0.1, 0.15) is 4.70 Å². The van der Waals surface area contributed by atoms with Crippen LogP contribution in [0.1, 0.15) is 17.6 Å². The maximum atomic E-state index is 13.8. The fourth-order valence-electron chi connectivity index (χ4n) is 3.36. The lowest BCUT2D eigenvalue weighted by atomic mass is 9.93. The molecular formula is C20H16F2N2OS. The molecule has 0 aliphatic heterocycles. The van der Waals surface area contributed by atoms with Gasteiger partial charge in [-0.25, -0.2) is 8.78 Å². The van der Waals surface area contributed by atoms with Crippen molar-refractivity contribution in [2.75, 3.05) is 6.54 Å². The van der Waals surface area contributed by atoms with E-state index in [1.165, 1.54) is 17.4 Å². The summed E-state index contributed by atoms with van der Waals surface area (Å²) in [6.45, 7) is 0.534. The average Bonchev–Trinajstić information content (AvgIpc) is 3.12. The molecule has 132 valence electrons. The third-order valence-corrected chi connectivity index (χ3v) is 5.45. The van der Waals surface area contributed by atoms with E-state index < -0.39 is 6.43 Å². The van der Waals surface area contributed by atoms with E-state index in [1.54, 1.807) is 6.07 Å². The van der Waals surface area contributed by atoms with Crippen molar-refractivity contribution in [1.29, 1.82) is 0 Å². The number of nitrogens with two attached hydrogens (primary N) is 1. The molecule has 0 spiro atoms. The molecule has 0 atom stereocenters. The van der Waals surface area contributed by atoms with Crippen molar-refractivity contribution in [1.82, 2.24) is 4.98 Å². The van der Waals surface area contributed by atoms with Crippen LogP contribution in [0.25, 0.3) is 32.1 Å². The number of benzene rings is 2. The van der Waals surface area contributed by atoms with Crippen molar-refractivity contribution in [3.8, 4) is 11.1 Å². The van der Waals surface area contributed by atoms with Crippen LogP contribution in [0.3, 0.4) is 0 Å². The zero-order valence-electron chi connectivity index (χ0n) is 13.8. The van der Waals surface area contributed by atoms with Crippen LogP contribution in [0, 0.1) is 0 Å². The summed E-state index contributed by atoms with van der Waals surface area (Å²) >= 11 is 1.31. The lowest BCUT2D eigenvalue weighted by Crippen LogP contribution is -2.05. The van der Waals surface area contributed by atoms with Crippen molar-refractivity contribution in [2.24, 2.45) is 5.73 Å². The van der Waals surface area contributed by atoms with Crippen molar-refractivity contribution >= 4 is 32.3 Å². The molecule has 2 aromatic heterocycles. The summed E-state index contributed by atoms with van der Waals surface area (Å²) in [5.41, 5.74) is 8.13. The lowest BCUT2D eigenvalue weighted by Gasteiger charge is -2.14. The second-order valence-electron chi connectivity index (χ2n) is 6.11. The quantitative estimate of drug-likeness (QED) is 0.540. The molecule has 4 rings (SSSR count). The van der Waals surface area contributed by atoms with Crippen molar-refractivity contribution < 1.29 is 8.78 Å². The zero-order chi connectivity index (χ0) is 18.3. The minimum atomic E-state index is -2.61. The van der Waals surface area contributed by atoms with E-state index >= 15 is 0 Å². The molecular weight excluding hydrogens is 354 g/mol. The predicted octanol–water partition coefficient (Wildman–Crippen LogP) is 4.85. The molecule has 0 radical (unpaired) electrons. The van der Waals surface area contributed by atoms with Crippen molar-refractivity contribution in [2.45, 2.75) is 12.8 Å². The summed E-state index contributed by atoms with van der Waals surface area (Å²) in [6, 6.07) is 12.3. The van der Waals surface area contributed by atoms with Gasteiger partial charge in [0.05, 0.1) is 0 Å². The summed E-state index contributed by atoms with van der Waals surface area (Å²) < 4.78 is 28.1. The highest BCUT2D eigenvalue weighted by Gasteiger charge is 2.20. The SMILES string of the molecule is NCCc1ccc(-c2c(C(F)F)ccc3[nH]c(=O)c4sccc4c23)cc1. The Hall–Kier alpha value is -2.57. The molecule has 0 saturated heterocycles. The topological polar surface area (TPSA) is 58.9 Å². The van der Waals surface area contributed by atoms with Gasteiger partial charge in [-0.05, 0) is 41.6 Å². The number of H-pyrrole nitrogens is 1. The van der Waals surface area contributed by atoms with E-state index in [1.807, 2.05) is 35.7 Å². The summed E-state index contributed by atoms with van der Waals surface area (Å²) in [6.07, 6.45) is -1.88. The van der Waals surface area contributed by atoms with Crippen molar-refractivity contribution in [3.05, 3.63) is 69.3 Å². The minimum absolute atomic E-state index is 0.0383. The Labute approximate surface area is 152 Å². The minimum Gasteiger partial charge on any atom is -0.330 e. The van der Waals surface area contributed by atoms with E-state index in [0.717, 1.165) is 12.0 Å². The first-order valence-corrected chi connectivity index (χ1v) is 9.11. The van der Waals surface area contributed by atoms with Gasteiger partial charge in [0.15, 0.2) is 0 Å². The number of alkyl halides is 2. The molecule has 0 aliphatic carbocycles. The summed E-state index contributed by atoms with van der Waals surface area (Å²) in [5, 5.41) is 3.17. The smallest absolute Gasteiger partial charge is 0.266 e. The first-order valence-electron chi connectivity index (χ1n) is 8.23. The first kappa shape index (κ1) is 16.9. The number of hydrogen-bond acceptors (Lipinski definition) is 3. The fourth-order valence-corrected chi connectivity index (χ4v) is 4.16. The Balaban J connectivity index is 2.09. The Morgan fingerprint density at radius 1 is 1.08 bits per heavy atom. The summed E-state index contributed by atoms with van der Waals surface area (Å²) in [4.78, 5) is 15.1. The van der Waals surface area contributed by atoms with E-state index in [-0.39, 0.29) is 11.1 Å². The zero-order valence-corrected chi connectivity index (χ0v) is 14.6. The van der Waals surface area contributed by atoms with Crippen molar-refractivity contribution in [3.63, 3.8) is 0 Å². The fraction of sp³-hybridized carbons (Fsp3) is 0.150. The van der Waals surface area contributed by atoms with Gasteiger partial charge in [-0.3, -0.25) is 4.79 Å². The second-order valence-corrected chi connectivity index (χ2v) is 7.02. The van der Waals surface area contributed by atoms with E-state index in [9.17, 15) is 13.6 Å². The normalized spacial score (nSPS) is 11.7. The maximum Gasteiger partial charge on any atom is 0.266 e. The molecule has 0 fully saturated rings. The molecule has 26 heavy (non-hydrogen) atoms. The molecule has 3 nitrogen and oxygen atoms in total. The molecule has 2 aromatic carbocycles. The Bertz CT molecular complexity index is 1150. The number of aromatic amines is 1. The number of rotatable bonds is 4. The van der Waals surface area contributed by atoms with Gasteiger partial charge in [0.25, 0.3) is 12.0 Å². The number of halogens is 2. The standard InChI is InChI=1S/C20H16F2N2OS/c21-19(22)14-5-6-15-17(13-8-10-26-18(13)20(25)24-15)16(14)12-3-1-11(2-4-12)7-9-23/h1-6,8,10,19H,7,9,23H2,(H,24,25). The van der Waals surface area contributed by atoms with Crippen LogP contribution >= 0.6 is 11.3 Å². The number of fused-ring (bicyclic) bond motifs is 3. The number of hydrogen-bond donors (Lipinski definition) is 2. The van der Waals surface area contributed by atoms with E-state index in [0.29, 0.717) is 38.7 Å². The van der Waals surface area contributed by atoms with Crippen LogP contribution in [0.15, 0.2) is 52.6 Å². The largest absolute Gasteiger partial charge is 0.330 e. The highest BCUT2D eigenvalue weighted by atomic mass is 32.1. The molecule has 2 heterocycles. The third kappa shape index (κ3) is 2.71. The lowest BCUT2D eigenvalue weighted by molar-refractivity contribution is 0.152. The van der Waals surface area contributed by atoms with Crippen LogP contribution in [0.4, 0.5) is 8.78 Å². The van der Waals surface area contributed by atoms with Gasteiger partial charge in [0, 0.05) is 27.4 Å². The summed E-state index contributed by atoms with van der Waals surface area (Å²) in [5.74, 6) is 0. The third-order valence-electron chi connectivity index (χ3n) is 4.54. The number of thiophene rings is 1. The van der Waals surface area contributed by atoms with Gasteiger partial charge < -0.3 is 10.7 Å². The van der Waals surface area contributed by atoms with Crippen LogP contribution in [-0.4, -0.2) is 11.5 Å². The Morgan fingerprint density at radius 2 is 1.85 bits per heavy atom. The second kappa shape index (κ2) is 6.63.